The minimum absolute atomic E-state index is 0.0180. The quantitative estimate of drug-likeness (QED) is 0.168. The Morgan fingerprint density at radius 2 is 1.72 bits per heavy atom. The molecular weight excluding hydrogens is 514 g/mol. The van der Waals surface area contributed by atoms with E-state index in [1.54, 1.807) is 30.3 Å². The number of hydrazone groups is 1. The van der Waals surface area contributed by atoms with E-state index in [0.29, 0.717) is 22.9 Å². The number of benzene rings is 4. The van der Waals surface area contributed by atoms with E-state index in [0.717, 1.165) is 39.2 Å². The van der Waals surface area contributed by atoms with Crippen LogP contribution in [-0.4, -0.2) is 27.7 Å². The van der Waals surface area contributed by atoms with Gasteiger partial charge in [-0.15, -0.1) is 0 Å². The molecule has 0 radical (unpaired) electrons. The van der Waals surface area contributed by atoms with E-state index in [-0.39, 0.29) is 11.7 Å². The smallest absolute Gasteiger partial charge is 0.269 e. The SMILES string of the molecule is COc1ccc(C2=NN(c3nc(-c4ccccc4)c4cc(Cl)ccc4n3)C(c3cccc([N+](=O)[O-])c3)C2)cc1. The van der Waals surface area contributed by atoms with Crippen LogP contribution in [0.4, 0.5) is 11.6 Å². The standard InChI is InChI=1S/C30H22ClN5O3/c1-39-24-13-10-19(11-14-24)27-18-28(21-8-5-9-23(16-21)36(37)38)35(34-27)30-32-26-15-12-22(31)17-25(26)29(33-30)20-6-3-2-4-7-20/h2-17,28H,18H2,1H3. The van der Waals surface area contributed by atoms with Crippen LogP contribution >= 0.6 is 11.6 Å². The first-order chi connectivity index (χ1) is 19.0. The maximum absolute atomic E-state index is 11.6. The average Bonchev–Trinajstić information content (AvgIpc) is 3.43. The third-order valence-electron chi connectivity index (χ3n) is 6.70. The van der Waals surface area contributed by atoms with Gasteiger partial charge in [0.15, 0.2) is 0 Å². The van der Waals surface area contributed by atoms with E-state index in [4.69, 9.17) is 31.4 Å². The summed E-state index contributed by atoms with van der Waals surface area (Å²) >= 11 is 6.35. The van der Waals surface area contributed by atoms with Crippen LogP contribution in [0.5, 0.6) is 5.75 Å². The van der Waals surface area contributed by atoms with Gasteiger partial charge in [0.25, 0.3) is 5.69 Å². The third kappa shape index (κ3) is 4.78. The van der Waals surface area contributed by atoms with Crippen molar-refractivity contribution < 1.29 is 9.66 Å². The highest BCUT2D eigenvalue weighted by Crippen LogP contribution is 2.39. The van der Waals surface area contributed by atoms with E-state index in [9.17, 15) is 10.1 Å². The van der Waals surface area contributed by atoms with Crippen molar-refractivity contribution in [3.8, 4) is 17.0 Å². The number of hydrogen-bond acceptors (Lipinski definition) is 7. The molecule has 1 unspecified atom stereocenters. The van der Waals surface area contributed by atoms with Crippen molar-refractivity contribution in [2.45, 2.75) is 12.5 Å². The topological polar surface area (TPSA) is 93.8 Å². The van der Waals surface area contributed by atoms with Gasteiger partial charge in [0, 0.05) is 34.5 Å². The second-order valence-electron chi connectivity index (χ2n) is 9.09. The molecule has 6 rings (SSSR count). The van der Waals surface area contributed by atoms with E-state index < -0.39 is 4.92 Å². The summed E-state index contributed by atoms with van der Waals surface area (Å²) < 4.78 is 5.31. The molecule has 0 aliphatic carbocycles. The minimum atomic E-state index is -0.391. The highest BCUT2D eigenvalue weighted by molar-refractivity contribution is 6.31. The molecule has 1 aliphatic heterocycles. The molecule has 0 amide bonds. The zero-order chi connectivity index (χ0) is 26.9. The van der Waals surface area contributed by atoms with Crippen molar-refractivity contribution in [2.24, 2.45) is 5.10 Å². The zero-order valence-corrected chi connectivity index (χ0v) is 21.6. The monoisotopic (exact) mass is 535 g/mol. The van der Waals surface area contributed by atoms with Crippen LogP contribution in [0.15, 0.2) is 102 Å². The fraction of sp³-hybridized carbons (Fsp3) is 0.100. The summed E-state index contributed by atoms with van der Waals surface area (Å²) in [5.74, 6) is 1.14. The number of methoxy groups -OCH3 is 1. The minimum Gasteiger partial charge on any atom is -0.497 e. The molecule has 0 spiro atoms. The Bertz CT molecular complexity index is 1720. The maximum atomic E-state index is 11.6. The summed E-state index contributed by atoms with van der Waals surface area (Å²) in [6.07, 6.45) is 0.510. The molecule has 8 nitrogen and oxygen atoms in total. The largest absolute Gasteiger partial charge is 0.497 e. The Balaban J connectivity index is 1.53. The van der Waals surface area contributed by atoms with Gasteiger partial charge in [-0.3, -0.25) is 10.1 Å². The van der Waals surface area contributed by atoms with Gasteiger partial charge in [-0.05, 0) is 53.6 Å². The van der Waals surface area contributed by atoms with Gasteiger partial charge in [0.05, 0.1) is 35.0 Å². The number of nitro groups is 1. The summed E-state index contributed by atoms with van der Waals surface area (Å²) in [5, 5.41) is 19.7. The fourth-order valence-electron chi connectivity index (χ4n) is 4.76. The second kappa shape index (κ2) is 10.2. The van der Waals surface area contributed by atoms with Gasteiger partial charge >= 0.3 is 0 Å². The molecule has 0 fully saturated rings. The summed E-state index contributed by atoms with van der Waals surface area (Å²) in [7, 11) is 1.62. The molecule has 2 heterocycles. The number of nitrogens with zero attached hydrogens (tertiary/aromatic N) is 5. The lowest BCUT2D eigenvalue weighted by Crippen LogP contribution is -2.21. The van der Waals surface area contributed by atoms with Gasteiger partial charge in [0.2, 0.25) is 5.95 Å². The molecule has 1 aliphatic rings. The van der Waals surface area contributed by atoms with E-state index in [1.165, 1.54) is 6.07 Å². The Labute approximate surface area is 229 Å². The molecule has 0 bridgehead atoms. The van der Waals surface area contributed by atoms with Crippen LogP contribution in [-0.2, 0) is 0 Å². The summed E-state index contributed by atoms with van der Waals surface area (Å²) in [6.45, 7) is 0. The van der Waals surface area contributed by atoms with E-state index >= 15 is 0 Å². The van der Waals surface area contributed by atoms with Crippen LogP contribution in [0, 0.1) is 10.1 Å². The summed E-state index contributed by atoms with van der Waals surface area (Å²) in [5.41, 5.74) is 4.86. The molecule has 0 N–H and O–H groups in total. The molecule has 1 atom stereocenters. The predicted octanol–water partition coefficient (Wildman–Crippen LogP) is 7.22. The van der Waals surface area contributed by atoms with Crippen molar-refractivity contribution in [1.82, 2.24) is 9.97 Å². The van der Waals surface area contributed by atoms with Gasteiger partial charge in [0.1, 0.15) is 5.75 Å². The highest BCUT2D eigenvalue weighted by Gasteiger charge is 2.33. The predicted molar refractivity (Wildman–Crippen MR) is 152 cm³/mol. The molecule has 0 saturated heterocycles. The van der Waals surface area contributed by atoms with Crippen molar-refractivity contribution in [1.29, 1.82) is 0 Å². The first-order valence-electron chi connectivity index (χ1n) is 12.3. The van der Waals surface area contributed by atoms with Crippen LogP contribution in [0.1, 0.15) is 23.6 Å². The number of ether oxygens (including phenoxy) is 1. The normalized spacial score (nSPS) is 14.9. The highest BCUT2D eigenvalue weighted by atomic mass is 35.5. The Morgan fingerprint density at radius 1 is 0.923 bits per heavy atom. The molecule has 1 aromatic heterocycles. The number of hydrogen-bond donors (Lipinski definition) is 0. The Kier molecular flexibility index (Phi) is 6.38. The fourth-order valence-corrected chi connectivity index (χ4v) is 4.94. The van der Waals surface area contributed by atoms with E-state index in [1.807, 2.05) is 72.8 Å². The molecule has 0 saturated carbocycles. The number of aromatic nitrogens is 2. The van der Waals surface area contributed by atoms with Crippen molar-refractivity contribution >= 4 is 39.9 Å². The van der Waals surface area contributed by atoms with Gasteiger partial charge in [-0.2, -0.15) is 5.10 Å². The number of nitro benzene ring substituents is 1. The lowest BCUT2D eigenvalue weighted by atomic mass is 9.98. The number of anilines is 1. The molecule has 39 heavy (non-hydrogen) atoms. The first-order valence-corrected chi connectivity index (χ1v) is 12.7. The molecular formula is C30H22ClN5O3. The Morgan fingerprint density at radius 3 is 2.46 bits per heavy atom. The van der Waals surface area contributed by atoms with Gasteiger partial charge in [-0.1, -0.05) is 54.1 Å². The number of fused-ring (bicyclic) bond motifs is 1. The molecule has 192 valence electrons. The Hall–Kier alpha value is -4.82. The molecule has 5 aromatic rings. The first kappa shape index (κ1) is 24.5. The third-order valence-corrected chi connectivity index (χ3v) is 6.93. The lowest BCUT2D eigenvalue weighted by molar-refractivity contribution is -0.384. The van der Waals surface area contributed by atoms with E-state index in [2.05, 4.69) is 0 Å². The maximum Gasteiger partial charge on any atom is 0.269 e. The molecule has 4 aromatic carbocycles. The summed E-state index contributed by atoms with van der Waals surface area (Å²) in [4.78, 5) is 21.0. The van der Waals surface area contributed by atoms with Gasteiger partial charge < -0.3 is 4.74 Å². The van der Waals surface area contributed by atoms with Crippen molar-refractivity contribution in [2.75, 3.05) is 12.1 Å². The van der Waals surface area contributed by atoms with Crippen LogP contribution < -0.4 is 9.75 Å². The molecule has 9 heteroatoms. The summed E-state index contributed by atoms with van der Waals surface area (Å²) in [6, 6.07) is 29.3. The number of non-ortho nitro benzene ring substituents is 1. The van der Waals surface area contributed by atoms with Crippen molar-refractivity contribution in [3.63, 3.8) is 0 Å². The number of rotatable bonds is 6. The van der Waals surface area contributed by atoms with Gasteiger partial charge in [-0.25, -0.2) is 15.0 Å². The van der Waals surface area contributed by atoms with Crippen LogP contribution in [0.2, 0.25) is 5.02 Å². The van der Waals surface area contributed by atoms with Crippen LogP contribution in [0.3, 0.4) is 0 Å². The number of halogens is 1. The lowest BCUT2D eigenvalue weighted by Gasteiger charge is -2.23. The van der Waals surface area contributed by atoms with Crippen LogP contribution in [0.25, 0.3) is 22.2 Å². The average molecular weight is 536 g/mol. The zero-order valence-electron chi connectivity index (χ0n) is 20.9. The van der Waals surface area contributed by atoms with Crippen molar-refractivity contribution in [3.05, 3.63) is 123 Å². The second-order valence-corrected chi connectivity index (χ2v) is 9.53.